The highest BCUT2D eigenvalue weighted by molar-refractivity contribution is 5.94. The fourth-order valence-electron chi connectivity index (χ4n) is 2.01. The number of nitrogens with one attached hydrogen (secondary N) is 1. The average molecular weight is 276 g/mol. The van der Waals surface area contributed by atoms with Gasteiger partial charge in [-0.15, -0.1) is 0 Å². The Morgan fingerprint density at radius 1 is 1.45 bits per heavy atom. The van der Waals surface area contributed by atoms with Crippen molar-refractivity contribution in [3.8, 4) is 0 Å². The molecule has 1 atom stereocenters. The molecular formula is C14H20N4O2. The lowest BCUT2D eigenvalue weighted by atomic mass is 10.3. The number of anilines is 1. The van der Waals surface area contributed by atoms with Gasteiger partial charge in [-0.2, -0.15) is 0 Å². The number of nitrogens with zero attached hydrogens (tertiary/aromatic N) is 2. The van der Waals surface area contributed by atoms with Gasteiger partial charge in [0.25, 0.3) is 5.91 Å². The molecule has 0 radical (unpaired) electrons. The molecule has 2 rings (SSSR count). The zero-order valence-electron chi connectivity index (χ0n) is 12.2. The predicted molar refractivity (Wildman–Crippen MR) is 76.4 cm³/mol. The fourth-order valence-corrected chi connectivity index (χ4v) is 2.01. The molecule has 6 heteroatoms. The van der Waals surface area contributed by atoms with E-state index in [9.17, 15) is 4.79 Å². The van der Waals surface area contributed by atoms with Crippen LogP contribution < -0.4 is 11.1 Å². The number of hydrogen-bond donors (Lipinski definition) is 2. The van der Waals surface area contributed by atoms with Gasteiger partial charge in [0.2, 0.25) is 5.89 Å². The average Bonchev–Trinajstić information content (AvgIpc) is 2.95. The summed E-state index contributed by atoms with van der Waals surface area (Å²) in [7, 11) is 0. The second-order valence-electron chi connectivity index (χ2n) is 5.16. The van der Waals surface area contributed by atoms with Crippen molar-refractivity contribution in [3.63, 3.8) is 0 Å². The standard InChI is InChI=1S/C14H20N4O2/c1-8(2)18-7-11(15)5-12(18)13(19)17-10(4)14-16-6-9(3)20-14/h5-8,10H,15H2,1-4H3,(H,17,19). The minimum atomic E-state index is -0.298. The fraction of sp³-hybridized carbons (Fsp3) is 0.429. The molecule has 0 aliphatic rings. The van der Waals surface area contributed by atoms with Crippen LogP contribution in [-0.4, -0.2) is 15.5 Å². The van der Waals surface area contributed by atoms with E-state index in [0.717, 1.165) is 5.76 Å². The van der Waals surface area contributed by atoms with E-state index in [0.29, 0.717) is 17.3 Å². The van der Waals surface area contributed by atoms with Crippen molar-refractivity contribution in [2.24, 2.45) is 0 Å². The van der Waals surface area contributed by atoms with Crippen molar-refractivity contribution >= 4 is 11.6 Å². The van der Waals surface area contributed by atoms with Crippen molar-refractivity contribution in [3.05, 3.63) is 35.8 Å². The number of nitrogen functional groups attached to an aromatic ring is 1. The third-order valence-electron chi connectivity index (χ3n) is 3.02. The Bertz CT molecular complexity index is 612. The maximum absolute atomic E-state index is 12.3. The highest BCUT2D eigenvalue weighted by atomic mass is 16.4. The zero-order chi connectivity index (χ0) is 14.9. The second kappa shape index (κ2) is 5.40. The predicted octanol–water partition coefficient (Wildman–Crippen LogP) is 2.44. The number of amides is 1. The molecule has 3 N–H and O–H groups in total. The number of oxazole rings is 1. The largest absolute Gasteiger partial charge is 0.444 e. The van der Waals surface area contributed by atoms with Crippen LogP contribution in [0, 0.1) is 6.92 Å². The van der Waals surface area contributed by atoms with Crippen LogP contribution in [0.3, 0.4) is 0 Å². The van der Waals surface area contributed by atoms with Crippen LogP contribution in [0.25, 0.3) is 0 Å². The van der Waals surface area contributed by atoms with Gasteiger partial charge in [-0.05, 0) is 33.8 Å². The van der Waals surface area contributed by atoms with E-state index in [1.54, 1.807) is 18.5 Å². The first-order valence-electron chi connectivity index (χ1n) is 6.59. The molecule has 108 valence electrons. The molecule has 2 aromatic rings. The molecule has 2 heterocycles. The molecular weight excluding hydrogens is 256 g/mol. The number of nitrogens with two attached hydrogens (primary N) is 1. The molecule has 0 aliphatic carbocycles. The molecule has 1 amide bonds. The van der Waals surface area contributed by atoms with Crippen LogP contribution in [0.1, 0.15) is 55.0 Å². The number of aromatic nitrogens is 2. The minimum Gasteiger partial charge on any atom is -0.444 e. The maximum atomic E-state index is 12.3. The number of rotatable bonds is 4. The third kappa shape index (κ3) is 2.84. The number of carbonyl (C=O) groups is 1. The molecule has 0 saturated carbocycles. The lowest BCUT2D eigenvalue weighted by Crippen LogP contribution is -2.29. The summed E-state index contributed by atoms with van der Waals surface area (Å²) in [5.41, 5.74) is 6.88. The molecule has 0 bridgehead atoms. The van der Waals surface area contributed by atoms with Gasteiger partial charge in [-0.3, -0.25) is 4.79 Å². The molecule has 1 unspecified atom stereocenters. The summed E-state index contributed by atoms with van der Waals surface area (Å²) in [5.74, 6) is 1.01. The summed E-state index contributed by atoms with van der Waals surface area (Å²) in [5, 5.41) is 2.86. The Kier molecular flexibility index (Phi) is 3.83. The molecule has 2 aromatic heterocycles. The van der Waals surface area contributed by atoms with Gasteiger partial charge in [0, 0.05) is 12.2 Å². The van der Waals surface area contributed by atoms with Gasteiger partial charge in [-0.1, -0.05) is 0 Å². The highest BCUT2D eigenvalue weighted by Crippen LogP contribution is 2.18. The number of carbonyl (C=O) groups excluding carboxylic acids is 1. The number of hydrogen-bond acceptors (Lipinski definition) is 4. The summed E-state index contributed by atoms with van der Waals surface area (Å²) in [6, 6.07) is 1.53. The van der Waals surface area contributed by atoms with Gasteiger partial charge in [-0.25, -0.2) is 4.98 Å². The minimum absolute atomic E-state index is 0.160. The lowest BCUT2D eigenvalue weighted by molar-refractivity contribution is 0.0923. The third-order valence-corrected chi connectivity index (χ3v) is 3.02. The van der Waals surface area contributed by atoms with Crippen molar-refractivity contribution in [2.75, 3.05) is 5.73 Å². The first-order valence-corrected chi connectivity index (χ1v) is 6.59. The van der Waals surface area contributed by atoms with E-state index in [1.165, 1.54) is 0 Å². The van der Waals surface area contributed by atoms with Crippen LogP contribution in [-0.2, 0) is 0 Å². The highest BCUT2D eigenvalue weighted by Gasteiger charge is 2.19. The quantitative estimate of drug-likeness (QED) is 0.898. The van der Waals surface area contributed by atoms with Gasteiger partial charge < -0.3 is 20.0 Å². The summed E-state index contributed by atoms with van der Waals surface area (Å²) in [6.07, 6.45) is 3.40. The van der Waals surface area contributed by atoms with E-state index in [2.05, 4.69) is 10.3 Å². The Morgan fingerprint density at radius 2 is 2.15 bits per heavy atom. The van der Waals surface area contributed by atoms with E-state index >= 15 is 0 Å². The molecule has 6 nitrogen and oxygen atoms in total. The monoisotopic (exact) mass is 276 g/mol. The van der Waals surface area contributed by atoms with Crippen molar-refractivity contribution < 1.29 is 9.21 Å². The van der Waals surface area contributed by atoms with Gasteiger partial charge in [0.05, 0.1) is 11.9 Å². The molecule has 0 fully saturated rings. The Balaban J connectivity index is 2.16. The first-order chi connectivity index (χ1) is 9.38. The number of aryl methyl sites for hydroxylation is 1. The molecule has 0 aromatic carbocycles. The Morgan fingerprint density at radius 3 is 2.70 bits per heavy atom. The summed E-state index contributed by atoms with van der Waals surface area (Å²) < 4.78 is 7.25. The molecule has 0 saturated heterocycles. The van der Waals surface area contributed by atoms with Gasteiger partial charge in [0.15, 0.2) is 0 Å². The molecule has 0 aliphatic heterocycles. The lowest BCUT2D eigenvalue weighted by Gasteiger charge is -2.14. The van der Waals surface area contributed by atoms with Crippen LogP contribution >= 0.6 is 0 Å². The summed E-state index contributed by atoms with van der Waals surface area (Å²) in [6.45, 7) is 7.64. The van der Waals surface area contributed by atoms with Gasteiger partial charge in [0.1, 0.15) is 17.5 Å². The van der Waals surface area contributed by atoms with Crippen LogP contribution in [0.15, 0.2) is 22.9 Å². The van der Waals surface area contributed by atoms with E-state index in [4.69, 9.17) is 10.2 Å². The Labute approximate surface area is 118 Å². The van der Waals surface area contributed by atoms with Crippen LogP contribution in [0.5, 0.6) is 0 Å². The normalized spacial score (nSPS) is 12.7. The molecule has 0 spiro atoms. The van der Waals surface area contributed by atoms with Crippen molar-refractivity contribution in [1.82, 2.24) is 14.9 Å². The zero-order valence-corrected chi connectivity index (χ0v) is 12.2. The Hall–Kier alpha value is -2.24. The van der Waals surface area contributed by atoms with E-state index in [-0.39, 0.29) is 18.0 Å². The second-order valence-corrected chi connectivity index (χ2v) is 5.16. The van der Waals surface area contributed by atoms with Crippen molar-refractivity contribution in [1.29, 1.82) is 0 Å². The van der Waals surface area contributed by atoms with E-state index < -0.39 is 0 Å². The van der Waals surface area contributed by atoms with Crippen LogP contribution in [0.2, 0.25) is 0 Å². The smallest absolute Gasteiger partial charge is 0.268 e. The van der Waals surface area contributed by atoms with Crippen molar-refractivity contribution in [2.45, 2.75) is 39.8 Å². The van der Waals surface area contributed by atoms with Crippen LogP contribution in [0.4, 0.5) is 5.69 Å². The maximum Gasteiger partial charge on any atom is 0.268 e. The van der Waals surface area contributed by atoms with Gasteiger partial charge >= 0.3 is 0 Å². The topological polar surface area (TPSA) is 86.1 Å². The SMILES string of the molecule is Cc1cnc(C(C)NC(=O)c2cc(N)cn2C(C)C)o1. The summed E-state index contributed by atoms with van der Waals surface area (Å²) >= 11 is 0. The molecule has 20 heavy (non-hydrogen) atoms. The van der Waals surface area contributed by atoms with E-state index in [1.807, 2.05) is 32.3 Å². The first kappa shape index (κ1) is 14.2. The summed E-state index contributed by atoms with van der Waals surface area (Å²) in [4.78, 5) is 16.4.